The second-order valence-corrected chi connectivity index (χ2v) is 6.96. The summed E-state index contributed by atoms with van der Waals surface area (Å²) in [6.45, 7) is 0.436. The summed E-state index contributed by atoms with van der Waals surface area (Å²) in [6, 6.07) is 17.3. The lowest BCUT2D eigenvalue weighted by Crippen LogP contribution is -2.26. The number of aromatic nitrogens is 3. The highest BCUT2D eigenvalue weighted by Crippen LogP contribution is 2.21. The van der Waals surface area contributed by atoms with Crippen molar-refractivity contribution in [3.63, 3.8) is 0 Å². The van der Waals surface area contributed by atoms with E-state index in [-0.39, 0.29) is 17.5 Å². The summed E-state index contributed by atoms with van der Waals surface area (Å²) in [4.78, 5) is 25.6. The van der Waals surface area contributed by atoms with Gasteiger partial charge in [-0.2, -0.15) is 5.10 Å². The first-order chi connectivity index (χ1) is 13.2. The number of nitrogens with zero attached hydrogens (tertiary/aromatic N) is 3. The van der Waals surface area contributed by atoms with Gasteiger partial charge < -0.3 is 9.88 Å². The lowest BCUT2D eigenvalue weighted by molar-refractivity contribution is 0.0951. The smallest absolute Gasteiger partial charge is 0.277 e. The number of fused-ring (bicyclic) bond motifs is 3. The van der Waals surface area contributed by atoms with Crippen LogP contribution in [0.25, 0.3) is 16.6 Å². The number of hydrogen-bond donors (Lipinski definition) is 1. The molecule has 134 valence electrons. The van der Waals surface area contributed by atoms with Crippen LogP contribution in [-0.2, 0) is 6.54 Å². The maximum atomic E-state index is 13.1. The van der Waals surface area contributed by atoms with E-state index in [4.69, 9.17) is 0 Å². The molecule has 4 aromatic rings. The Labute approximate surface area is 155 Å². The van der Waals surface area contributed by atoms with Crippen LogP contribution in [0.2, 0.25) is 0 Å². The minimum Gasteiger partial charge on any atom is -0.349 e. The Morgan fingerprint density at radius 1 is 1.04 bits per heavy atom. The molecule has 2 aromatic heterocycles. The van der Waals surface area contributed by atoms with Gasteiger partial charge in [-0.05, 0) is 42.7 Å². The molecule has 27 heavy (non-hydrogen) atoms. The molecule has 0 radical (unpaired) electrons. The fourth-order valence-corrected chi connectivity index (χ4v) is 3.38. The number of rotatable bonds is 4. The second-order valence-electron chi connectivity index (χ2n) is 6.96. The highest BCUT2D eigenvalue weighted by molar-refractivity contribution is 5.98. The maximum absolute atomic E-state index is 13.1. The van der Waals surface area contributed by atoms with E-state index >= 15 is 0 Å². The zero-order chi connectivity index (χ0) is 18.4. The fraction of sp³-hybridized carbons (Fsp3) is 0.190. The number of carbonyl (C=O) groups is 1. The molecular weight excluding hydrogens is 340 g/mol. The molecule has 1 saturated carbocycles. The summed E-state index contributed by atoms with van der Waals surface area (Å²) in [5.74, 6) is -0.0985. The molecule has 6 nitrogen and oxygen atoms in total. The molecule has 6 heteroatoms. The predicted molar refractivity (Wildman–Crippen MR) is 103 cm³/mol. The number of hydrogen-bond acceptors (Lipinski definition) is 3. The molecule has 2 heterocycles. The summed E-state index contributed by atoms with van der Waals surface area (Å²) < 4.78 is 3.36. The van der Waals surface area contributed by atoms with Crippen molar-refractivity contribution in [2.75, 3.05) is 0 Å². The topological polar surface area (TPSA) is 68.4 Å². The Hall–Kier alpha value is -3.41. The van der Waals surface area contributed by atoms with Crippen LogP contribution in [0.3, 0.4) is 0 Å². The molecule has 1 amide bonds. The Bertz CT molecular complexity index is 1220. The third-order valence-corrected chi connectivity index (χ3v) is 4.96. The monoisotopic (exact) mass is 358 g/mol. The molecule has 0 bridgehead atoms. The van der Waals surface area contributed by atoms with E-state index in [1.54, 1.807) is 33.5 Å². The first-order valence-electron chi connectivity index (χ1n) is 9.06. The van der Waals surface area contributed by atoms with E-state index in [0.717, 1.165) is 23.9 Å². The van der Waals surface area contributed by atoms with Crippen LogP contribution in [0.5, 0.6) is 0 Å². The summed E-state index contributed by atoms with van der Waals surface area (Å²) in [7, 11) is 0. The summed E-state index contributed by atoms with van der Waals surface area (Å²) in [5.41, 5.74) is 3.48. The molecule has 0 saturated heterocycles. The van der Waals surface area contributed by atoms with E-state index in [0.29, 0.717) is 23.1 Å². The summed E-state index contributed by atoms with van der Waals surface area (Å²) >= 11 is 0. The molecule has 1 N–H and O–H groups in total. The SMILES string of the molecule is O=C(NC1CC1)c1ccc2c(c1)n(Cc1ccccc1)c(=O)c1ccnn12. The van der Waals surface area contributed by atoms with Crippen LogP contribution in [-0.4, -0.2) is 26.1 Å². The van der Waals surface area contributed by atoms with Gasteiger partial charge in [-0.15, -0.1) is 0 Å². The molecule has 0 aliphatic heterocycles. The van der Waals surface area contributed by atoms with Crippen LogP contribution >= 0.6 is 0 Å². The molecule has 1 aliphatic rings. The van der Waals surface area contributed by atoms with Gasteiger partial charge in [-0.3, -0.25) is 9.59 Å². The van der Waals surface area contributed by atoms with Crippen molar-refractivity contribution in [3.05, 3.63) is 82.3 Å². The van der Waals surface area contributed by atoms with Crippen molar-refractivity contribution in [2.45, 2.75) is 25.4 Å². The average molecular weight is 358 g/mol. The molecule has 0 spiro atoms. The van der Waals surface area contributed by atoms with Crippen molar-refractivity contribution in [1.29, 1.82) is 0 Å². The van der Waals surface area contributed by atoms with E-state index in [2.05, 4.69) is 10.4 Å². The van der Waals surface area contributed by atoms with Gasteiger partial charge in [0.1, 0.15) is 5.52 Å². The van der Waals surface area contributed by atoms with Crippen LogP contribution < -0.4 is 10.9 Å². The zero-order valence-electron chi connectivity index (χ0n) is 14.6. The highest BCUT2D eigenvalue weighted by Gasteiger charge is 2.24. The van der Waals surface area contributed by atoms with Gasteiger partial charge in [0.05, 0.1) is 23.8 Å². The van der Waals surface area contributed by atoms with E-state index in [1.807, 2.05) is 36.4 Å². The van der Waals surface area contributed by atoms with Crippen LogP contribution in [0.1, 0.15) is 28.8 Å². The van der Waals surface area contributed by atoms with Gasteiger partial charge in [-0.1, -0.05) is 30.3 Å². The summed E-state index contributed by atoms with van der Waals surface area (Å²) in [5, 5.41) is 7.29. The lowest BCUT2D eigenvalue weighted by Gasteiger charge is -2.13. The first kappa shape index (κ1) is 15.8. The number of benzene rings is 2. The standard InChI is InChI=1S/C21H18N4O2/c26-20(23-16-7-8-16)15-6-9-17-19(12-15)24(13-14-4-2-1-3-5-14)21(27)18-10-11-22-25(17)18/h1-6,9-12,16H,7-8,13H2,(H,23,26). The van der Waals surface area contributed by atoms with Crippen LogP contribution in [0.15, 0.2) is 65.6 Å². The molecule has 0 atom stereocenters. The lowest BCUT2D eigenvalue weighted by atomic mass is 10.1. The van der Waals surface area contributed by atoms with Crippen LogP contribution in [0.4, 0.5) is 0 Å². The largest absolute Gasteiger partial charge is 0.349 e. The Morgan fingerprint density at radius 2 is 1.85 bits per heavy atom. The van der Waals surface area contributed by atoms with Crippen molar-refractivity contribution < 1.29 is 4.79 Å². The van der Waals surface area contributed by atoms with Gasteiger partial charge in [0.25, 0.3) is 11.5 Å². The highest BCUT2D eigenvalue weighted by atomic mass is 16.2. The van der Waals surface area contributed by atoms with E-state index < -0.39 is 0 Å². The van der Waals surface area contributed by atoms with E-state index in [1.165, 1.54) is 0 Å². The van der Waals surface area contributed by atoms with Gasteiger partial charge in [0.15, 0.2) is 0 Å². The van der Waals surface area contributed by atoms with Crippen molar-refractivity contribution >= 4 is 22.5 Å². The van der Waals surface area contributed by atoms with Crippen molar-refractivity contribution in [1.82, 2.24) is 19.5 Å². The molecule has 5 rings (SSSR count). The first-order valence-corrected chi connectivity index (χ1v) is 9.06. The minimum atomic E-state index is -0.122. The number of amides is 1. The summed E-state index contributed by atoms with van der Waals surface area (Å²) in [6.07, 6.45) is 3.69. The van der Waals surface area contributed by atoms with Gasteiger partial charge >= 0.3 is 0 Å². The molecular formula is C21H18N4O2. The fourth-order valence-electron chi connectivity index (χ4n) is 3.38. The number of carbonyl (C=O) groups excluding carboxylic acids is 1. The second kappa shape index (κ2) is 6.09. The third-order valence-electron chi connectivity index (χ3n) is 4.96. The molecule has 0 unspecified atom stereocenters. The number of nitrogens with one attached hydrogen (secondary N) is 1. The molecule has 1 aliphatic carbocycles. The van der Waals surface area contributed by atoms with Gasteiger partial charge in [-0.25, -0.2) is 4.52 Å². The Kier molecular flexibility index (Phi) is 3.57. The van der Waals surface area contributed by atoms with Gasteiger partial charge in [0, 0.05) is 11.6 Å². The quantitative estimate of drug-likeness (QED) is 0.610. The van der Waals surface area contributed by atoms with Crippen molar-refractivity contribution in [3.8, 4) is 0 Å². The maximum Gasteiger partial charge on any atom is 0.277 e. The molecule has 2 aromatic carbocycles. The average Bonchev–Trinajstić information content (AvgIpc) is 3.37. The van der Waals surface area contributed by atoms with Gasteiger partial charge in [0.2, 0.25) is 0 Å². The van der Waals surface area contributed by atoms with Crippen molar-refractivity contribution in [2.24, 2.45) is 0 Å². The predicted octanol–water partition coefficient (Wildman–Crippen LogP) is 2.59. The van der Waals surface area contributed by atoms with Crippen LogP contribution in [0, 0.1) is 0 Å². The Balaban J connectivity index is 1.71. The Morgan fingerprint density at radius 3 is 2.63 bits per heavy atom. The normalized spacial score (nSPS) is 13.9. The zero-order valence-corrected chi connectivity index (χ0v) is 14.6. The third kappa shape index (κ3) is 2.79. The van der Waals surface area contributed by atoms with E-state index in [9.17, 15) is 9.59 Å². The minimum absolute atomic E-state index is 0.0985. The molecule has 1 fully saturated rings.